The van der Waals surface area contributed by atoms with Gasteiger partial charge in [-0.1, -0.05) is 24.3 Å². The molecule has 46 heavy (non-hydrogen) atoms. The standard InChI is InChI=1S/C28H27F3N4O7S4/c1-14-6-4-9-18(35-22(37)13-44-12-19(34-15(2)36)25(38)42-27(39)28(29,30)31)23(14)16-7-5-8-17(10-16)46(40,41)21-11-20(24(32)33)45-26(21)43-3/h4-11,19H,12-13H2,1-3H3,(H3,32,33)(H,34,36)(H,35,37). The van der Waals surface area contributed by atoms with Gasteiger partial charge in [-0.3, -0.25) is 15.0 Å². The second-order valence-corrected chi connectivity index (χ2v) is 14.5. The molecule has 11 nitrogen and oxygen atoms in total. The van der Waals surface area contributed by atoms with Crippen molar-refractivity contribution in [1.82, 2.24) is 5.32 Å². The number of ether oxygens (including phenoxy) is 1. The van der Waals surface area contributed by atoms with E-state index in [2.05, 4.69) is 15.4 Å². The molecule has 0 aliphatic carbocycles. The van der Waals surface area contributed by atoms with Crippen LogP contribution in [0, 0.1) is 12.3 Å². The van der Waals surface area contributed by atoms with Crippen LogP contribution in [0.3, 0.4) is 0 Å². The van der Waals surface area contributed by atoms with Crippen LogP contribution in [0.5, 0.6) is 0 Å². The summed E-state index contributed by atoms with van der Waals surface area (Å²) < 4.78 is 69.0. The number of alkyl halides is 3. The molecule has 1 aromatic heterocycles. The minimum atomic E-state index is -5.42. The third kappa shape index (κ3) is 9.11. The number of thioether (sulfide) groups is 2. The van der Waals surface area contributed by atoms with Crippen molar-refractivity contribution >= 4 is 80.0 Å². The highest BCUT2D eigenvalue weighted by Gasteiger charge is 2.43. The van der Waals surface area contributed by atoms with Crippen LogP contribution in [-0.2, 0) is 33.8 Å². The third-order valence-electron chi connectivity index (χ3n) is 5.99. The van der Waals surface area contributed by atoms with E-state index in [1.165, 1.54) is 30.0 Å². The van der Waals surface area contributed by atoms with Crippen molar-refractivity contribution in [3.63, 3.8) is 0 Å². The minimum absolute atomic E-state index is 0.0203. The van der Waals surface area contributed by atoms with Crippen LogP contribution < -0.4 is 16.4 Å². The van der Waals surface area contributed by atoms with E-state index in [0.29, 0.717) is 31.5 Å². The molecule has 3 aromatic rings. The van der Waals surface area contributed by atoms with Gasteiger partial charge in [0.25, 0.3) is 0 Å². The van der Waals surface area contributed by atoms with Crippen molar-refractivity contribution in [2.75, 3.05) is 23.1 Å². The van der Waals surface area contributed by atoms with E-state index in [-0.39, 0.29) is 27.1 Å². The number of benzene rings is 2. The summed E-state index contributed by atoms with van der Waals surface area (Å²) in [4.78, 5) is 47.7. The minimum Gasteiger partial charge on any atom is -0.385 e. The maximum absolute atomic E-state index is 13.7. The Hall–Kier alpha value is -3.87. The number of carbonyl (C=O) groups is 4. The highest BCUT2D eigenvalue weighted by Crippen LogP contribution is 2.39. The van der Waals surface area contributed by atoms with Crippen molar-refractivity contribution in [3.8, 4) is 11.1 Å². The lowest BCUT2D eigenvalue weighted by molar-refractivity contribution is -0.202. The Morgan fingerprint density at radius 1 is 1.11 bits per heavy atom. The zero-order chi connectivity index (χ0) is 34.4. The molecule has 1 heterocycles. The molecular formula is C28H27F3N4O7S4. The maximum Gasteiger partial charge on any atom is 0.491 e. The summed E-state index contributed by atoms with van der Waals surface area (Å²) >= 11 is 3.10. The number of hydrogen-bond acceptors (Lipinski definition) is 11. The first-order valence-electron chi connectivity index (χ1n) is 12.9. The van der Waals surface area contributed by atoms with Crippen molar-refractivity contribution in [2.45, 2.75) is 40.1 Å². The monoisotopic (exact) mass is 716 g/mol. The zero-order valence-electron chi connectivity index (χ0n) is 24.3. The number of nitrogens with one attached hydrogen (secondary N) is 3. The van der Waals surface area contributed by atoms with Crippen LogP contribution >= 0.6 is 34.9 Å². The molecule has 2 aromatic carbocycles. The highest BCUT2D eigenvalue weighted by molar-refractivity contribution is 8.01. The highest BCUT2D eigenvalue weighted by atomic mass is 32.2. The number of aryl methyl sites for hydroxylation is 1. The Morgan fingerprint density at radius 2 is 1.78 bits per heavy atom. The zero-order valence-corrected chi connectivity index (χ0v) is 27.6. The van der Waals surface area contributed by atoms with Gasteiger partial charge in [-0.05, 0) is 48.6 Å². The van der Waals surface area contributed by atoms with Crippen molar-refractivity contribution < 1.29 is 45.5 Å². The number of anilines is 1. The van der Waals surface area contributed by atoms with Crippen LogP contribution in [0.15, 0.2) is 62.5 Å². The van der Waals surface area contributed by atoms with Crippen LogP contribution in [0.25, 0.3) is 11.1 Å². The smallest absolute Gasteiger partial charge is 0.385 e. The van der Waals surface area contributed by atoms with Gasteiger partial charge >= 0.3 is 18.1 Å². The molecule has 0 radical (unpaired) electrons. The predicted octanol–water partition coefficient (Wildman–Crippen LogP) is 4.37. The van der Waals surface area contributed by atoms with E-state index < -0.39 is 45.8 Å². The number of carbonyl (C=O) groups excluding carboxylic acids is 4. The molecule has 0 fully saturated rings. The molecule has 0 spiro atoms. The lowest BCUT2D eigenvalue weighted by Crippen LogP contribution is -2.45. The summed E-state index contributed by atoms with van der Waals surface area (Å²) in [5.41, 5.74) is 7.59. The number of amidine groups is 1. The summed E-state index contributed by atoms with van der Waals surface area (Å²) in [5, 5.41) is 12.5. The quantitative estimate of drug-likeness (QED) is 0.0690. The number of halogens is 3. The molecule has 1 unspecified atom stereocenters. The number of thiophene rings is 1. The van der Waals surface area contributed by atoms with Gasteiger partial charge in [0.2, 0.25) is 21.7 Å². The van der Waals surface area contributed by atoms with Gasteiger partial charge in [0.1, 0.15) is 11.9 Å². The Labute approximate surface area is 274 Å². The molecule has 1 atom stereocenters. The molecule has 0 saturated heterocycles. The number of esters is 2. The summed E-state index contributed by atoms with van der Waals surface area (Å²) in [6, 6.07) is 10.9. The van der Waals surface area contributed by atoms with Crippen molar-refractivity contribution in [2.24, 2.45) is 5.73 Å². The lowest BCUT2D eigenvalue weighted by Gasteiger charge is -2.17. The van der Waals surface area contributed by atoms with E-state index in [1.54, 1.807) is 43.5 Å². The molecule has 0 bridgehead atoms. The first-order valence-corrected chi connectivity index (χ1v) is 17.6. The second kappa shape index (κ2) is 15.1. The van der Waals surface area contributed by atoms with E-state index in [1.807, 2.05) is 0 Å². The van der Waals surface area contributed by atoms with Gasteiger partial charge in [-0.2, -0.15) is 13.2 Å². The molecule has 0 aliphatic rings. The fourth-order valence-corrected chi connectivity index (χ4v) is 8.74. The first kappa shape index (κ1) is 36.6. The number of nitrogen functional groups attached to an aromatic ring is 1. The predicted molar refractivity (Wildman–Crippen MR) is 170 cm³/mol. The SMILES string of the molecule is CSc1sc(C(=N)N)cc1S(=O)(=O)c1cccc(-c2c(C)cccc2NC(=O)CSCC(NC(C)=O)C(=O)OC(=O)C(F)(F)F)c1. The lowest BCUT2D eigenvalue weighted by atomic mass is 9.98. The van der Waals surface area contributed by atoms with E-state index >= 15 is 0 Å². The number of nitrogens with two attached hydrogens (primary N) is 1. The number of hydrogen-bond donors (Lipinski definition) is 4. The fraction of sp³-hybridized carbons (Fsp3) is 0.250. The van der Waals surface area contributed by atoms with E-state index in [4.69, 9.17) is 11.1 Å². The van der Waals surface area contributed by atoms with Crippen LogP contribution in [-0.4, -0.2) is 68.0 Å². The van der Waals surface area contributed by atoms with Gasteiger partial charge in [0.15, 0.2) is 0 Å². The average molecular weight is 717 g/mol. The summed E-state index contributed by atoms with van der Waals surface area (Å²) in [6.07, 6.45) is -3.70. The molecule has 5 N–H and O–H groups in total. The fourth-order valence-electron chi connectivity index (χ4n) is 4.01. The Balaban J connectivity index is 1.81. The molecule has 3 rings (SSSR count). The normalized spacial score (nSPS) is 12.2. The maximum atomic E-state index is 13.7. The summed E-state index contributed by atoms with van der Waals surface area (Å²) in [7, 11) is -4.03. The number of amides is 2. The molecule has 2 amide bonds. The molecular weight excluding hydrogens is 690 g/mol. The van der Waals surface area contributed by atoms with Gasteiger partial charge in [-0.15, -0.1) is 34.9 Å². The van der Waals surface area contributed by atoms with E-state index in [0.717, 1.165) is 30.0 Å². The average Bonchev–Trinajstić information content (AvgIpc) is 3.42. The molecule has 246 valence electrons. The largest absolute Gasteiger partial charge is 0.491 e. The first-order chi connectivity index (χ1) is 21.4. The van der Waals surface area contributed by atoms with E-state index in [9.17, 15) is 40.8 Å². The summed E-state index contributed by atoms with van der Waals surface area (Å²) in [6.45, 7) is 2.77. The third-order valence-corrected chi connectivity index (χ3v) is 11.4. The van der Waals surface area contributed by atoms with Gasteiger partial charge in [-0.25, -0.2) is 18.0 Å². The molecule has 0 saturated carbocycles. The van der Waals surface area contributed by atoms with Gasteiger partial charge in [0.05, 0.1) is 24.6 Å². The summed E-state index contributed by atoms with van der Waals surface area (Å²) in [5.74, 6) is -6.68. The van der Waals surface area contributed by atoms with Crippen molar-refractivity contribution in [1.29, 1.82) is 5.41 Å². The molecule has 0 aliphatic heterocycles. The van der Waals surface area contributed by atoms with Crippen LogP contribution in [0.1, 0.15) is 17.4 Å². The number of rotatable bonds is 12. The second-order valence-electron chi connectivity index (χ2n) is 9.43. The van der Waals surface area contributed by atoms with Crippen LogP contribution in [0.2, 0.25) is 0 Å². The van der Waals surface area contributed by atoms with Gasteiger partial charge < -0.3 is 21.1 Å². The van der Waals surface area contributed by atoms with Crippen molar-refractivity contribution in [3.05, 3.63) is 59.0 Å². The number of sulfone groups is 1. The Morgan fingerprint density at radius 3 is 2.39 bits per heavy atom. The van der Waals surface area contributed by atoms with Gasteiger partial charge in [0, 0.05) is 23.9 Å². The Bertz CT molecular complexity index is 1790. The van der Waals surface area contributed by atoms with Crippen LogP contribution in [0.4, 0.5) is 18.9 Å². The topological polar surface area (TPSA) is 186 Å². The molecule has 18 heteroatoms. The Kier molecular flexibility index (Phi) is 12.0.